The lowest BCUT2D eigenvalue weighted by molar-refractivity contribution is -0.387. The molecule has 8 nitrogen and oxygen atoms in total. The van der Waals surface area contributed by atoms with Gasteiger partial charge in [-0.25, -0.2) is 21.6 Å². The molecule has 1 atom stereocenters. The Morgan fingerprint density at radius 1 is 1.33 bits per heavy atom. The minimum Gasteiger partial charge on any atom is -0.258 e. The largest absolute Gasteiger partial charge is 0.304 e. The minimum atomic E-state index is -4.17. The maximum atomic E-state index is 13.4. The van der Waals surface area contributed by atoms with Gasteiger partial charge < -0.3 is 0 Å². The van der Waals surface area contributed by atoms with Crippen molar-refractivity contribution < 1.29 is 26.1 Å². The number of rotatable bonds is 6. The van der Waals surface area contributed by atoms with E-state index in [1.165, 1.54) is 6.92 Å². The molecule has 0 aliphatic heterocycles. The summed E-state index contributed by atoms with van der Waals surface area (Å²) in [6.07, 6.45) is 0.948. The third-order valence-electron chi connectivity index (χ3n) is 2.34. The summed E-state index contributed by atoms with van der Waals surface area (Å²) in [6, 6.07) is 1.18. The van der Waals surface area contributed by atoms with Gasteiger partial charge in [0.05, 0.1) is 15.6 Å². The van der Waals surface area contributed by atoms with Gasteiger partial charge in [-0.05, 0) is 13.0 Å². The lowest BCUT2D eigenvalue weighted by Crippen LogP contribution is -2.37. The van der Waals surface area contributed by atoms with E-state index in [2.05, 4.69) is 4.72 Å². The van der Waals surface area contributed by atoms with Crippen LogP contribution in [0.3, 0.4) is 0 Å². The van der Waals surface area contributed by atoms with Crippen LogP contribution in [0, 0.1) is 15.9 Å². The summed E-state index contributed by atoms with van der Waals surface area (Å²) >= 11 is 0. The average molecular weight is 340 g/mol. The van der Waals surface area contributed by atoms with E-state index in [4.69, 9.17) is 0 Å². The van der Waals surface area contributed by atoms with E-state index in [-0.39, 0.29) is 0 Å². The van der Waals surface area contributed by atoms with Crippen LogP contribution in [0.4, 0.5) is 10.1 Å². The van der Waals surface area contributed by atoms with Crippen LogP contribution in [0.2, 0.25) is 0 Å². The van der Waals surface area contributed by atoms with Crippen LogP contribution in [-0.4, -0.2) is 39.8 Å². The van der Waals surface area contributed by atoms with Gasteiger partial charge in [-0.15, -0.1) is 0 Å². The Kier molecular flexibility index (Phi) is 5.02. The number of halogens is 1. The topological polar surface area (TPSA) is 123 Å². The van der Waals surface area contributed by atoms with Crippen LogP contribution >= 0.6 is 0 Å². The number of nitrogens with zero attached hydrogens (tertiary/aromatic N) is 1. The van der Waals surface area contributed by atoms with Crippen molar-refractivity contribution >= 4 is 25.5 Å². The first kappa shape index (κ1) is 17.5. The molecule has 0 aromatic heterocycles. The molecule has 0 saturated carbocycles. The molecule has 11 heteroatoms. The second-order valence-electron chi connectivity index (χ2n) is 4.49. The summed E-state index contributed by atoms with van der Waals surface area (Å²) in [5, 5.41) is 10.5. The van der Waals surface area contributed by atoms with Crippen LogP contribution in [0.15, 0.2) is 23.1 Å². The van der Waals surface area contributed by atoms with Gasteiger partial charge in [-0.1, -0.05) is 0 Å². The molecule has 118 valence electrons. The van der Waals surface area contributed by atoms with Gasteiger partial charge in [0.25, 0.3) is 0 Å². The van der Waals surface area contributed by atoms with Crippen LogP contribution in [0.25, 0.3) is 0 Å². The van der Waals surface area contributed by atoms with Gasteiger partial charge in [-0.2, -0.15) is 4.39 Å². The fourth-order valence-electron chi connectivity index (χ4n) is 1.62. The van der Waals surface area contributed by atoms with Gasteiger partial charge in [-0.3, -0.25) is 10.1 Å². The lowest BCUT2D eigenvalue weighted by Gasteiger charge is -2.13. The van der Waals surface area contributed by atoms with E-state index >= 15 is 0 Å². The Morgan fingerprint density at radius 3 is 2.33 bits per heavy atom. The van der Waals surface area contributed by atoms with Gasteiger partial charge in [0.15, 0.2) is 0 Å². The molecule has 0 bridgehead atoms. The Morgan fingerprint density at radius 2 is 1.90 bits per heavy atom. The number of hydrogen-bond donors (Lipinski definition) is 1. The molecule has 0 amide bonds. The van der Waals surface area contributed by atoms with Crippen molar-refractivity contribution in [2.45, 2.75) is 17.9 Å². The standard InChI is InChI=1S/C10H13FN2O6S2/c1-7(6-20(2,16)17)12-21(18,19)8-3-4-10(13(14)15)9(11)5-8/h3-5,7,12H,6H2,1-2H3. The first-order chi connectivity index (χ1) is 9.42. The van der Waals surface area contributed by atoms with E-state index in [0.29, 0.717) is 6.07 Å². The smallest absolute Gasteiger partial charge is 0.258 e. The molecule has 21 heavy (non-hydrogen) atoms. The third-order valence-corrected chi connectivity index (χ3v) is 5.03. The molecule has 1 N–H and O–H groups in total. The van der Waals surface area contributed by atoms with Crippen molar-refractivity contribution in [2.75, 3.05) is 12.0 Å². The molecule has 0 fully saturated rings. The molecule has 0 saturated heterocycles. The molecule has 1 unspecified atom stereocenters. The number of nitro groups is 1. The maximum absolute atomic E-state index is 13.4. The maximum Gasteiger partial charge on any atom is 0.304 e. The molecule has 0 spiro atoms. The summed E-state index contributed by atoms with van der Waals surface area (Å²) in [7, 11) is -7.57. The van der Waals surface area contributed by atoms with Gasteiger partial charge in [0, 0.05) is 24.4 Å². The highest BCUT2D eigenvalue weighted by Crippen LogP contribution is 2.20. The molecular formula is C10H13FN2O6S2. The van der Waals surface area contributed by atoms with E-state index in [1.807, 2.05) is 0 Å². The second-order valence-corrected chi connectivity index (χ2v) is 8.38. The second kappa shape index (κ2) is 6.03. The average Bonchev–Trinajstić information content (AvgIpc) is 2.24. The van der Waals surface area contributed by atoms with Crippen molar-refractivity contribution in [3.63, 3.8) is 0 Å². The fraction of sp³-hybridized carbons (Fsp3) is 0.400. The zero-order chi connectivity index (χ0) is 16.4. The van der Waals surface area contributed by atoms with Crippen molar-refractivity contribution in [2.24, 2.45) is 0 Å². The van der Waals surface area contributed by atoms with E-state index in [1.54, 1.807) is 0 Å². The van der Waals surface area contributed by atoms with Crippen molar-refractivity contribution in [3.8, 4) is 0 Å². The molecule has 1 rings (SSSR count). The van der Waals surface area contributed by atoms with E-state index < -0.39 is 53.0 Å². The predicted molar refractivity (Wildman–Crippen MR) is 72.5 cm³/mol. The highest BCUT2D eigenvalue weighted by Gasteiger charge is 2.23. The van der Waals surface area contributed by atoms with Gasteiger partial charge in [0.1, 0.15) is 9.84 Å². The van der Waals surface area contributed by atoms with Gasteiger partial charge in [0.2, 0.25) is 15.8 Å². The number of sulfone groups is 1. The lowest BCUT2D eigenvalue weighted by atomic mass is 10.3. The number of benzene rings is 1. The predicted octanol–water partition coefficient (Wildman–Crippen LogP) is 0.445. The number of nitrogens with one attached hydrogen (secondary N) is 1. The summed E-state index contributed by atoms with van der Waals surface area (Å²) in [5.74, 6) is -1.72. The minimum absolute atomic E-state index is 0.429. The summed E-state index contributed by atoms with van der Waals surface area (Å²) in [5.41, 5.74) is -0.849. The summed E-state index contributed by atoms with van der Waals surface area (Å²) < 4.78 is 61.4. The van der Waals surface area contributed by atoms with Crippen molar-refractivity contribution in [3.05, 3.63) is 34.1 Å². The molecule has 1 aromatic rings. The van der Waals surface area contributed by atoms with Crippen molar-refractivity contribution in [1.82, 2.24) is 4.72 Å². The van der Waals surface area contributed by atoms with E-state index in [0.717, 1.165) is 18.4 Å². The zero-order valence-electron chi connectivity index (χ0n) is 11.1. The SMILES string of the molecule is CC(CS(C)(=O)=O)NS(=O)(=O)c1ccc([N+](=O)[O-])c(F)c1. The third kappa shape index (κ3) is 5.02. The molecule has 0 aliphatic carbocycles. The molecule has 0 aliphatic rings. The Balaban J connectivity index is 3.04. The number of nitro benzene ring substituents is 1. The molecule has 0 radical (unpaired) electrons. The Labute approximate surface area is 121 Å². The Bertz CT molecular complexity index is 760. The monoisotopic (exact) mass is 340 g/mol. The highest BCUT2D eigenvalue weighted by atomic mass is 32.2. The molecule has 0 heterocycles. The Hall–Kier alpha value is -1.59. The first-order valence-corrected chi connectivity index (χ1v) is 9.11. The van der Waals surface area contributed by atoms with Crippen LogP contribution < -0.4 is 4.72 Å². The summed E-state index contributed by atoms with van der Waals surface area (Å²) in [6.45, 7) is 1.33. The van der Waals surface area contributed by atoms with Gasteiger partial charge >= 0.3 is 5.69 Å². The molecule has 1 aromatic carbocycles. The first-order valence-electron chi connectivity index (χ1n) is 5.56. The quantitative estimate of drug-likeness (QED) is 0.592. The van der Waals surface area contributed by atoms with E-state index in [9.17, 15) is 31.3 Å². The van der Waals surface area contributed by atoms with Crippen LogP contribution in [0.1, 0.15) is 6.92 Å². The van der Waals surface area contributed by atoms with Crippen LogP contribution in [-0.2, 0) is 19.9 Å². The van der Waals surface area contributed by atoms with Crippen molar-refractivity contribution in [1.29, 1.82) is 0 Å². The normalized spacial score (nSPS) is 13.9. The fourth-order valence-corrected chi connectivity index (χ4v) is 3.98. The zero-order valence-corrected chi connectivity index (χ0v) is 12.7. The van der Waals surface area contributed by atoms with Crippen LogP contribution in [0.5, 0.6) is 0 Å². The number of sulfonamides is 1. The summed E-state index contributed by atoms with van der Waals surface area (Å²) in [4.78, 5) is 8.95. The number of hydrogen-bond acceptors (Lipinski definition) is 6. The molecular weight excluding hydrogens is 327 g/mol. The highest BCUT2D eigenvalue weighted by molar-refractivity contribution is 7.91.